The summed E-state index contributed by atoms with van der Waals surface area (Å²) in [6.45, 7) is 9.78. The molecule has 6 nitrogen and oxygen atoms in total. The van der Waals surface area contributed by atoms with Gasteiger partial charge in [0.15, 0.2) is 11.5 Å². The zero-order valence-electron chi connectivity index (χ0n) is 18.9. The second-order valence-corrected chi connectivity index (χ2v) is 9.74. The lowest BCUT2D eigenvalue weighted by atomic mass is 9.76. The standard InChI is InChI=1S/C24H36N2O4/c1-5-6-7-8-11-25-22(28)17-10-9-12-26(15-17)23(29)21-16(2)20-18(27)13-24(3,4)14-19(20)30-21/h17H,5-15H2,1-4H3,(H,25,28). The van der Waals surface area contributed by atoms with Crippen LogP contribution in [-0.2, 0) is 11.2 Å². The zero-order chi connectivity index (χ0) is 21.9. The van der Waals surface area contributed by atoms with Gasteiger partial charge in [0, 0.05) is 38.0 Å². The van der Waals surface area contributed by atoms with Crippen LogP contribution in [0.15, 0.2) is 4.42 Å². The summed E-state index contributed by atoms with van der Waals surface area (Å²) in [4.78, 5) is 40.1. The van der Waals surface area contributed by atoms with Crippen molar-refractivity contribution in [3.63, 3.8) is 0 Å². The van der Waals surface area contributed by atoms with Crippen LogP contribution in [0, 0.1) is 18.3 Å². The molecule has 3 rings (SSSR count). The average Bonchev–Trinajstić information content (AvgIpc) is 3.02. The topological polar surface area (TPSA) is 79.6 Å². The summed E-state index contributed by atoms with van der Waals surface area (Å²) in [5, 5.41) is 3.03. The van der Waals surface area contributed by atoms with Gasteiger partial charge < -0.3 is 14.6 Å². The first-order chi connectivity index (χ1) is 14.2. The van der Waals surface area contributed by atoms with Gasteiger partial charge in [-0.05, 0) is 31.6 Å². The van der Waals surface area contributed by atoms with E-state index in [9.17, 15) is 14.4 Å². The van der Waals surface area contributed by atoms with Crippen molar-refractivity contribution >= 4 is 17.6 Å². The third kappa shape index (κ3) is 4.96. The fourth-order valence-electron chi connectivity index (χ4n) is 4.71. The lowest BCUT2D eigenvalue weighted by molar-refractivity contribution is -0.126. The number of nitrogens with one attached hydrogen (secondary N) is 1. The third-order valence-electron chi connectivity index (χ3n) is 6.38. The molecular formula is C24H36N2O4. The van der Waals surface area contributed by atoms with Crippen LogP contribution in [0.1, 0.15) is 98.0 Å². The first-order valence-electron chi connectivity index (χ1n) is 11.5. The summed E-state index contributed by atoms with van der Waals surface area (Å²) in [7, 11) is 0. The molecule has 0 bridgehead atoms. The van der Waals surface area contributed by atoms with Crippen molar-refractivity contribution in [2.75, 3.05) is 19.6 Å². The van der Waals surface area contributed by atoms with Crippen LogP contribution < -0.4 is 5.32 Å². The zero-order valence-corrected chi connectivity index (χ0v) is 18.9. The Morgan fingerprint density at radius 1 is 1.20 bits per heavy atom. The monoisotopic (exact) mass is 416 g/mol. The van der Waals surface area contributed by atoms with Crippen molar-refractivity contribution in [1.82, 2.24) is 10.2 Å². The van der Waals surface area contributed by atoms with Crippen molar-refractivity contribution in [1.29, 1.82) is 0 Å². The molecule has 1 unspecified atom stereocenters. The minimum atomic E-state index is -0.201. The van der Waals surface area contributed by atoms with Gasteiger partial charge >= 0.3 is 0 Å². The summed E-state index contributed by atoms with van der Waals surface area (Å²) in [6.07, 6.45) is 7.21. The number of furan rings is 1. The maximum atomic E-state index is 13.2. The molecule has 1 N–H and O–H groups in total. The minimum absolute atomic E-state index is 0.0383. The lowest BCUT2D eigenvalue weighted by Crippen LogP contribution is -2.45. The molecule has 6 heteroatoms. The molecule has 1 saturated heterocycles. The molecule has 1 aliphatic carbocycles. The number of amides is 2. The predicted octanol–water partition coefficient (Wildman–Crippen LogP) is 4.29. The van der Waals surface area contributed by atoms with Crippen molar-refractivity contribution in [3.05, 3.63) is 22.6 Å². The number of piperidine rings is 1. The maximum Gasteiger partial charge on any atom is 0.289 e. The quantitative estimate of drug-likeness (QED) is 0.673. The molecule has 166 valence electrons. The molecule has 1 atom stereocenters. The van der Waals surface area contributed by atoms with Crippen molar-refractivity contribution in [2.24, 2.45) is 11.3 Å². The van der Waals surface area contributed by atoms with Gasteiger partial charge in [-0.25, -0.2) is 0 Å². The Balaban J connectivity index is 1.65. The molecule has 1 aromatic heterocycles. The number of ketones is 1. The Kier molecular flexibility index (Phi) is 7.04. The minimum Gasteiger partial charge on any atom is -0.455 e. The van der Waals surface area contributed by atoms with E-state index in [0.29, 0.717) is 49.4 Å². The molecule has 0 spiro atoms. The van der Waals surface area contributed by atoms with Gasteiger partial charge in [-0.15, -0.1) is 0 Å². The Labute approximate surface area is 179 Å². The van der Waals surface area contributed by atoms with Crippen LogP contribution in [0.5, 0.6) is 0 Å². The number of carbonyl (C=O) groups excluding carboxylic acids is 3. The van der Waals surface area contributed by atoms with E-state index in [1.54, 1.807) is 11.8 Å². The highest BCUT2D eigenvalue weighted by Gasteiger charge is 2.38. The highest BCUT2D eigenvalue weighted by molar-refractivity contribution is 6.03. The SMILES string of the molecule is CCCCCCNC(=O)C1CCCN(C(=O)c2oc3c(c2C)C(=O)CC(C)(C)C3)C1. The molecule has 30 heavy (non-hydrogen) atoms. The Bertz CT molecular complexity index is 808. The largest absolute Gasteiger partial charge is 0.455 e. The summed E-state index contributed by atoms with van der Waals surface area (Å²) < 4.78 is 5.94. The lowest BCUT2D eigenvalue weighted by Gasteiger charge is -2.31. The predicted molar refractivity (Wildman–Crippen MR) is 116 cm³/mol. The number of unbranched alkanes of at least 4 members (excludes halogenated alkanes) is 3. The molecule has 1 aliphatic heterocycles. The van der Waals surface area contributed by atoms with Crippen LogP contribution in [0.4, 0.5) is 0 Å². The van der Waals surface area contributed by atoms with Gasteiger partial charge in [-0.1, -0.05) is 40.0 Å². The number of likely N-dealkylation sites (tertiary alicyclic amines) is 1. The molecule has 1 fully saturated rings. The molecule has 1 aromatic rings. The van der Waals surface area contributed by atoms with E-state index in [-0.39, 0.29) is 34.7 Å². The average molecular weight is 417 g/mol. The van der Waals surface area contributed by atoms with Crippen LogP contribution >= 0.6 is 0 Å². The number of hydrogen-bond acceptors (Lipinski definition) is 4. The number of rotatable bonds is 7. The fourth-order valence-corrected chi connectivity index (χ4v) is 4.71. The number of nitrogens with zero attached hydrogens (tertiary/aromatic N) is 1. The van der Waals surface area contributed by atoms with Gasteiger partial charge in [0.1, 0.15) is 5.76 Å². The highest BCUT2D eigenvalue weighted by Crippen LogP contribution is 2.38. The summed E-state index contributed by atoms with van der Waals surface area (Å²) in [6, 6.07) is 0. The highest BCUT2D eigenvalue weighted by atomic mass is 16.4. The molecular weight excluding hydrogens is 380 g/mol. The van der Waals surface area contributed by atoms with E-state index in [1.165, 1.54) is 12.8 Å². The van der Waals surface area contributed by atoms with Gasteiger partial charge in [-0.3, -0.25) is 14.4 Å². The maximum absolute atomic E-state index is 13.2. The summed E-state index contributed by atoms with van der Waals surface area (Å²) in [5.41, 5.74) is 1.09. The molecule has 2 amide bonds. The molecule has 0 saturated carbocycles. The van der Waals surface area contributed by atoms with Crippen LogP contribution in [0.2, 0.25) is 0 Å². The van der Waals surface area contributed by atoms with E-state index < -0.39 is 0 Å². The van der Waals surface area contributed by atoms with Crippen molar-refractivity contribution in [2.45, 2.75) is 79.1 Å². The second kappa shape index (κ2) is 9.36. The Morgan fingerprint density at radius 3 is 2.70 bits per heavy atom. The molecule has 2 heterocycles. The van der Waals surface area contributed by atoms with Crippen LogP contribution in [0.3, 0.4) is 0 Å². The number of Topliss-reactive ketones (excluding diaryl/α,β-unsaturated/α-hetero) is 1. The number of carbonyl (C=O) groups is 3. The van der Waals surface area contributed by atoms with E-state index >= 15 is 0 Å². The summed E-state index contributed by atoms with van der Waals surface area (Å²) in [5.74, 6) is 0.617. The third-order valence-corrected chi connectivity index (χ3v) is 6.38. The normalized spacial score (nSPS) is 20.7. The molecule has 0 radical (unpaired) electrons. The Morgan fingerprint density at radius 2 is 1.97 bits per heavy atom. The smallest absolute Gasteiger partial charge is 0.289 e. The Hall–Kier alpha value is -2.11. The summed E-state index contributed by atoms with van der Waals surface area (Å²) >= 11 is 0. The molecule has 0 aromatic carbocycles. The van der Waals surface area contributed by atoms with Crippen molar-refractivity contribution in [3.8, 4) is 0 Å². The van der Waals surface area contributed by atoms with Gasteiger partial charge in [0.25, 0.3) is 5.91 Å². The number of fused-ring (bicyclic) bond motifs is 1. The second-order valence-electron chi connectivity index (χ2n) is 9.74. The van der Waals surface area contributed by atoms with Crippen LogP contribution in [-0.4, -0.2) is 42.1 Å². The number of hydrogen-bond donors (Lipinski definition) is 1. The fraction of sp³-hybridized carbons (Fsp3) is 0.708. The molecule has 2 aliphatic rings. The van der Waals surface area contributed by atoms with E-state index in [2.05, 4.69) is 12.2 Å². The van der Waals surface area contributed by atoms with Crippen LogP contribution in [0.25, 0.3) is 0 Å². The first kappa shape index (κ1) is 22.6. The van der Waals surface area contributed by atoms with E-state index in [4.69, 9.17) is 4.42 Å². The van der Waals surface area contributed by atoms with Gasteiger partial charge in [0.2, 0.25) is 5.91 Å². The van der Waals surface area contributed by atoms with E-state index in [0.717, 1.165) is 25.7 Å². The van der Waals surface area contributed by atoms with E-state index in [1.807, 2.05) is 13.8 Å². The van der Waals surface area contributed by atoms with Gasteiger partial charge in [0.05, 0.1) is 11.5 Å². The van der Waals surface area contributed by atoms with Crippen molar-refractivity contribution < 1.29 is 18.8 Å². The first-order valence-corrected chi connectivity index (χ1v) is 11.5. The van der Waals surface area contributed by atoms with Gasteiger partial charge in [-0.2, -0.15) is 0 Å².